The summed E-state index contributed by atoms with van der Waals surface area (Å²) in [5.74, 6) is -0.511. The summed E-state index contributed by atoms with van der Waals surface area (Å²) in [5, 5.41) is 2.25. The maximum absolute atomic E-state index is 11.1. The summed E-state index contributed by atoms with van der Waals surface area (Å²) in [7, 11) is 0. The van der Waals surface area contributed by atoms with Crippen molar-refractivity contribution in [2.24, 2.45) is 0 Å². The molecule has 1 aromatic carbocycles. The molecular formula is C12H13NO3. The molecule has 0 radical (unpaired) electrons. The molecule has 0 aromatic heterocycles. The Morgan fingerprint density at radius 3 is 2.38 bits per heavy atom. The van der Waals surface area contributed by atoms with Crippen LogP contribution in [-0.4, -0.2) is 17.9 Å². The summed E-state index contributed by atoms with van der Waals surface area (Å²) in [4.78, 5) is 22.2. The van der Waals surface area contributed by atoms with Crippen molar-refractivity contribution in [3.63, 3.8) is 0 Å². The van der Waals surface area contributed by atoms with Gasteiger partial charge < -0.3 is 4.74 Å². The Labute approximate surface area is 93.6 Å². The van der Waals surface area contributed by atoms with E-state index in [2.05, 4.69) is 5.32 Å². The Bertz CT molecular complexity index is 373. The average Bonchev–Trinajstić information content (AvgIpc) is 2.27. The van der Waals surface area contributed by atoms with Crippen molar-refractivity contribution in [3.8, 4) is 0 Å². The van der Waals surface area contributed by atoms with Crippen LogP contribution in [0.25, 0.3) is 0 Å². The molecule has 1 N–H and O–H groups in total. The summed E-state index contributed by atoms with van der Waals surface area (Å²) in [6.07, 6.45) is 0.235. The van der Waals surface area contributed by atoms with Gasteiger partial charge in [-0.15, -0.1) is 0 Å². The molecule has 2 rings (SSSR count). The normalized spacial score (nSPS) is 17.2. The monoisotopic (exact) mass is 219 g/mol. The van der Waals surface area contributed by atoms with Crippen molar-refractivity contribution < 1.29 is 14.3 Å². The highest BCUT2D eigenvalue weighted by Crippen LogP contribution is 2.12. The first-order valence-corrected chi connectivity index (χ1v) is 5.22. The number of piperidine rings is 1. The predicted octanol–water partition coefficient (Wildman–Crippen LogP) is 1.01. The highest BCUT2D eigenvalue weighted by Gasteiger charge is 2.25. The Morgan fingerprint density at radius 1 is 1.12 bits per heavy atom. The van der Waals surface area contributed by atoms with Crippen molar-refractivity contribution in [1.29, 1.82) is 0 Å². The third-order valence-corrected chi connectivity index (χ3v) is 2.43. The predicted molar refractivity (Wildman–Crippen MR) is 57.4 cm³/mol. The largest absolute Gasteiger partial charge is 0.372 e. The molecule has 1 aliphatic rings. The van der Waals surface area contributed by atoms with Gasteiger partial charge in [-0.3, -0.25) is 14.9 Å². The summed E-state index contributed by atoms with van der Waals surface area (Å²) < 4.78 is 5.53. The first-order valence-electron chi connectivity index (χ1n) is 5.22. The molecule has 16 heavy (non-hydrogen) atoms. The van der Waals surface area contributed by atoms with Crippen LogP contribution < -0.4 is 5.32 Å². The van der Waals surface area contributed by atoms with Crippen LogP contribution in [0.2, 0.25) is 0 Å². The number of hydrogen-bond acceptors (Lipinski definition) is 3. The molecule has 4 nitrogen and oxygen atoms in total. The van der Waals surface area contributed by atoms with Gasteiger partial charge in [-0.2, -0.15) is 0 Å². The Hall–Kier alpha value is -1.68. The molecule has 4 heteroatoms. The van der Waals surface area contributed by atoms with E-state index in [9.17, 15) is 9.59 Å². The maximum Gasteiger partial charge on any atom is 0.229 e. The topological polar surface area (TPSA) is 55.4 Å². The van der Waals surface area contributed by atoms with Crippen LogP contribution in [-0.2, 0) is 20.9 Å². The minimum Gasteiger partial charge on any atom is -0.372 e. The lowest BCUT2D eigenvalue weighted by Crippen LogP contribution is -2.41. The van der Waals surface area contributed by atoms with Gasteiger partial charge in [-0.1, -0.05) is 30.3 Å². The first kappa shape index (κ1) is 10.8. The number of rotatable bonds is 3. The van der Waals surface area contributed by atoms with E-state index >= 15 is 0 Å². The molecule has 84 valence electrons. The molecule has 0 bridgehead atoms. The van der Waals surface area contributed by atoms with E-state index in [1.165, 1.54) is 0 Å². The average molecular weight is 219 g/mol. The number of ether oxygens (including phenoxy) is 1. The summed E-state index contributed by atoms with van der Waals surface area (Å²) in [5.41, 5.74) is 1.04. The van der Waals surface area contributed by atoms with Crippen LogP contribution in [0.3, 0.4) is 0 Å². The second kappa shape index (κ2) is 4.90. The Balaban J connectivity index is 1.86. The van der Waals surface area contributed by atoms with Crippen LogP contribution in [0.15, 0.2) is 30.3 Å². The van der Waals surface area contributed by atoms with Gasteiger partial charge in [0.1, 0.15) is 0 Å². The zero-order chi connectivity index (χ0) is 11.4. The molecule has 1 fully saturated rings. The van der Waals surface area contributed by atoms with Gasteiger partial charge in [-0.05, 0) is 5.56 Å². The standard InChI is InChI=1S/C12H13NO3/c14-11-6-10(7-12(15)13-11)16-8-9-4-2-1-3-5-9/h1-5,10H,6-8H2,(H,13,14,15). The second-order valence-corrected chi connectivity index (χ2v) is 3.80. The molecule has 2 amide bonds. The molecule has 1 saturated heterocycles. The van der Waals surface area contributed by atoms with E-state index in [1.807, 2.05) is 30.3 Å². The van der Waals surface area contributed by atoms with E-state index in [4.69, 9.17) is 4.74 Å². The van der Waals surface area contributed by atoms with Crippen LogP contribution in [0.1, 0.15) is 18.4 Å². The lowest BCUT2D eigenvalue weighted by molar-refractivity contribution is -0.139. The van der Waals surface area contributed by atoms with Gasteiger partial charge in [0.25, 0.3) is 0 Å². The molecule has 0 aliphatic carbocycles. The molecule has 1 aromatic rings. The van der Waals surface area contributed by atoms with Crippen LogP contribution >= 0.6 is 0 Å². The zero-order valence-corrected chi connectivity index (χ0v) is 8.81. The number of nitrogens with one attached hydrogen (secondary N) is 1. The van der Waals surface area contributed by atoms with Crippen molar-refractivity contribution >= 4 is 11.8 Å². The lowest BCUT2D eigenvalue weighted by Gasteiger charge is -2.21. The van der Waals surface area contributed by atoms with Gasteiger partial charge in [0.2, 0.25) is 11.8 Å². The summed E-state index contributed by atoms with van der Waals surface area (Å²) >= 11 is 0. The van der Waals surface area contributed by atoms with E-state index in [-0.39, 0.29) is 30.8 Å². The van der Waals surface area contributed by atoms with Gasteiger partial charge in [0.05, 0.1) is 25.6 Å². The third-order valence-electron chi connectivity index (χ3n) is 2.43. The first-order chi connectivity index (χ1) is 7.74. The fourth-order valence-electron chi connectivity index (χ4n) is 1.65. The highest BCUT2D eigenvalue weighted by atomic mass is 16.5. The quantitative estimate of drug-likeness (QED) is 0.772. The van der Waals surface area contributed by atoms with E-state index in [0.29, 0.717) is 6.61 Å². The van der Waals surface area contributed by atoms with E-state index in [0.717, 1.165) is 5.56 Å². The Kier molecular flexibility index (Phi) is 3.31. The van der Waals surface area contributed by atoms with Crippen molar-refractivity contribution in [3.05, 3.63) is 35.9 Å². The molecule has 1 aliphatic heterocycles. The molecule has 0 saturated carbocycles. The molecule has 0 spiro atoms. The smallest absolute Gasteiger partial charge is 0.229 e. The maximum atomic E-state index is 11.1. The van der Waals surface area contributed by atoms with Crippen LogP contribution in [0.5, 0.6) is 0 Å². The van der Waals surface area contributed by atoms with Crippen LogP contribution in [0, 0.1) is 0 Å². The highest BCUT2D eigenvalue weighted by molar-refractivity contribution is 5.98. The molecule has 1 heterocycles. The Morgan fingerprint density at radius 2 is 1.75 bits per heavy atom. The number of carbonyl (C=O) groups is 2. The minimum atomic E-state index is -0.290. The number of benzene rings is 1. The number of amides is 2. The molecule has 0 atom stereocenters. The van der Waals surface area contributed by atoms with Gasteiger partial charge in [0.15, 0.2) is 0 Å². The van der Waals surface area contributed by atoms with Crippen LogP contribution in [0.4, 0.5) is 0 Å². The van der Waals surface area contributed by atoms with Gasteiger partial charge in [-0.25, -0.2) is 0 Å². The number of hydrogen-bond donors (Lipinski definition) is 1. The fourth-order valence-corrected chi connectivity index (χ4v) is 1.65. The van der Waals surface area contributed by atoms with Crippen molar-refractivity contribution in [2.45, 2.75) is 25.6 Å². The number of imide groups is 1. The minimum absolute atomic E-state index is 0.255. The molecular weight excluding hydrogens is 206 g/mol. The number of carbonyl (C=O) groups excluding carboxylic acids is 2. The van der Waals surface area contributed by atoms with E-state index in [1.54, 1.807) is 0 Å². The van der Waals surface area contributed by atoms with Crippen molar-refractivity contribution in [1.82, 2.24) is 5.32 Å². The van der Waals surface area contributed by atoms with Gasteiger partial charge in [0, 0.05) is 0 Å². The van der Waals surface area contributed by atoms with Crippen molar-refractivity contribution in [2.75, 3.05) is 0 Å². The van der Waals surface area contributed by atoms with Gasteiger partial charge >= 0.3 is 0 Å². The lowest BCUT2D eigenvalue weighted by atomic mass is 10.1. The zero-order valence-electron chi connectivity index (χ0n) is 8.81. The van der Waals surface area contributed by atoms with E-state index < -0.39 is 0 Å². The SMILES string of the molecule is O=C1CC(OCc2ccccc2)CC(=O)N1. The third kappa shape index (κ3) is 2.90. The summed E-state index contributed by atoms with van der Waals surface area (Å²) in [6.45, 7) is 0.437. The fraction of sp³-hybridized carbons (Fsp3) is 0.333. The summed E-state index contributed by atoms with van der Waals surface area (Å²) in [6, 6.07) is 9.69. The molecule has 0 unspecified atom stereocenters. The second-order valence-electron chi connectivity index (χ2n) is 3.80.